The predicted molar refractivity (Wildman–Crippen MR) is 80.7 cm³/mol. The van der Waals surface area contributed by atoms with E-state index in [0.29, 0.717) is 12.8 Å². The molecule has 1 saturated heterocycles. The monoisotopic (exact) mass is 334 g/mol. The number of rotatable bonds is 4. The minimum Gasteiger partial charge on any atom is -0.282 e. The van der Waals surface area contributed by atoms with Crippen molar-refractivity contribution in [2.75, 3.05) is 5.43 Å². The molecule has 2 amide bonds. The van der Waals surface area contributed by atoms with Crippen LogP contribution in [0, 0.1) is 32.1 Å². The standard InChI is InChI=1S/C14H14N4O6/c19-13-9-3-1-2-4-10(9)14(20)16(13)15-11-6-5-8(17(21)22)7-12(11)18(23)24/h5-7,9-10,15H,1-4H2/t9-,10+. The summed E-state index contributed by atoms with van der Waals surface area (Å²) in [6, 6.07) is 2.99. The zero-order valence-electron chi connectivity index (χ0n) is 12.5. The third-order valence-electron chi connectivity index (χ3n) is 4.46. The minimum atomic E-state index is -0.798. The number of nitro benzene ring substituents is 2. The predicted octanol–water partition coefficient (Wildman–Crippen LogP) is 2.01. The number of imide groups is 1. The Morgan fingerprint density at radius 3 is 2.08 bits per heavy atom. The molecule has 3 rings (SSSR count). The second-order valence-corrected chi connectivity index (χ2v) is 5.84. The van der Waals surface area contributed by atoms with Gasteiger partial charge in [-0.15, -0.1) is 0 Å². The maximum absolute atomic E-state index is 12.4. The molecule has 10 nitrogen and oxygen atoms in total. The van der Waals surface area contributed by atoms with Gasteiger partial charge in [0.2, 0.25) is 0 Å². The quantitative estimate of drug-likeness (QED) is 0.505. The van der Waals surface area contributed by atoms with Gasteiger partial charge in [0.05, 0.1) is 27.7 Å². The Labute approximate surface area is 135 Å². The number of hydrogen-bond acceptors (Lipinski definition) is 7. The fourth-order valence-electron chi connectivity index (χ4n) is 3.27. The Morgan fingerprint density at radius 2 is 1.58 bits per heavy atom. The average Bonchev–Trinajstić information content (AvgIpc) is 2.80. The van der Waals surface area contributed by atoms with Crippen molar-refractivity contribution in [1.82, 2.24) is 5.01 Å². The van der Waals surface area contributed by atoms with Crippen LogP contribution in [-0.4, -0.2) is 26.7 Å². The molecule has 126 valence electrons. The number of anilines is 1. The Morgan fingerprint density at radius 1 is 1.00 bits per heavy atom. The Hall–Kier alpha value is -3.04. The molecule has 0 bridgehead atoms. The molecule has 0 spiro atoms. The molecule has 2 fully saturated rings. The van der Waals surface area contributed by atoms with Gasteiger partial charge in [-0.2, -0.15) is 5.01 Å². The molecule has 24 heavy (non-hydrogen) atoms. The van der Waals surface area contributed by atoms with E-state index in [4.69, 9.17) is 0 Å². The van der Waals surface area contributed by atoms with E-state index < -0.39 is 44.9 Å². The first-order valence-electron chi connectivity index (χ1n) is 7.47. The number of nitrogens with zero attached hydrogens (tertiary/aromatic N) is 3. The summed E-state index contributed by atoms with van der Waals surface area (Å²) < 4.78 is 0. The molecule has 1 aliphatic carbocycles. The average molecular weight is 334 g/mol. The normalized spacial score (nSPS) is 23.1. The van der Waals surface area contributed by atoms with Crippen molar-refractivity contribution >= 4 is 28.9 Å². The Bertz CT molecular complexity index is 725. The van der Waals surface area contributed by atoms with E-state index in [0.717, 1.165) is 36.0 Å². The summed E-state index contributed by atoms with van der Waals surface area (Å²) in [7, 11) is 0. The highest BCUT2D eigenvalue weighted by Gasteiger charge is 2.49. The molecule has 0 aromatic heterocycles. The second-order valence-electron chi connectivity index (χ2n) is 5.84. The molecule has 1 aromatic carbocycles. The lowest BCUT2D eigenvalue weighted by Crippen LogP contribution is -2.36. The highest BCUT2D eigenvalue weighted by Crippen LogP contribution is 2.39. The van der Waals surface area contributed by atoms with Crippen LogP contribution in [0.25, 0.3) is 0 Å². The summed E-state index contributed by atoms with van der Waals surface area (Å²) in [6.07, 6.45) is 2.98. The Balaban J connectivity index is 1.90. The van der Waals surface area contributed by atoms with Crippen LogP contribution in [-0.2, 0) is 9.59 Å². The molecular weight excluding hydrogens is 320 g/mol. The lowest BCUT2D eigenvalue weighted by atomic mass is 9.81. The number of hydrogen-bond donors (Lipinski definition) is 1. The largest absolute Gasteiger partial charge is 0.300 e. The minimum absolute atomic E-state index is 0.133. The van der Waals surface area contributed by atoms with Crippen LogP contribution in [0.5, 0.6) is 0 Å². The number of carbonyl (C=O) groups is 2. The number of fused-ring (bicyclic) bond motifs is 1. The highest BCUT2D eigenvalue weighted by atomic mass is 16.6. The molecular formula is C14H14N4O6. The number of amides is 2. The number of hydrazine groups is 1. The third kappa shape index (κ3) is 2.55. The van der Waals surface area contributed by atoms with Crippen LogP contribution in [0.3, 0.4) is 0 Å². The molecule has 2 atom stereocenters. The van der Waals surface area contributed by atoms with Gasteiger partial charge in [0.25, 0.3) is 17.5 Å². The van der Waals surface area contributed by atoms with Gasteiger partial charge >= 0.3 is 5.69 Å². The van der Waals surface area contributed by atoms with Crippen LogP contribution in [0.4, 0.5) is 17.1 Å². The van der Waals surface area contributed by atoms with E-state index in [1.807, 2.05) is 0 Å². The van der Waals surface area contributed by atoms with E-state index in [1.54, 1.807) is 0 Å². The highest BCUT2D eigenvalue weighted by molar-refractivity contribution is 6.06. The maximum Gasteiger partial charge on any atom is 0.300 e. The van der Waals surface area contributed by atoms with Crippen LogP contribution >= 0.6 is 0 Å². The van der Waals surface area contributed by atoms with Gasteiger partial charge < -0.3 is 0 Å². The fraction of sp³-hybridized carbons (Fsp3) is 0.429. The number of nitrogens with one attached hydrogen (secondary N) is 1. The Kier molecular flexibility index (Phi) is 3.87. The lowest BCUT2D eigenvalue weighted by molar-refractivity contribution is -0.393. The van der Waals surface area contributed by atoms with Gasteiger partial charge in [0, 0.05) is 6.07 Å². The molecule has 1 saturated carbocycles. The van der Waals surface area contributed by atoms with Gasteiger partial charge in [0.15, 0.2) is 0 Å². The first-order chi connectivity index (χ1) is 11.4. The van der Waals surface area contributed by atoms with E-state index in [-0.39, 0.29) is 5.69 Å². The summed E-state index contributed by atoms with van der Waals surface area (Å²) in [5.41, 5.74) is 1.34. The van der Waals surface area contributed by atoms with Gasteiger partial charge in [-0.3, -0.25) is 35.2 Å². The topological polar surface area (TPSA) is 136 Å². The van der Waals surface area contributed by atoms with E-state index in [9.17, 15) is 29.8 Å². The van der Waals surface area contributed by atoms with Crippen molar-refractivity contribution in [3.63, 3.8) is 0 Å². The summed E-state index contributed by atoms with van der Waals surface area (Å²) in [5, 5.41) is 22.7. The van der Waals surface area contributed by atoms with Crippen molar-refractivity contribution in [2.45, 2.75) is 25.7 Å². The number of benzene rings is 1. The van der Waals surface area contributed by atoms with Crippen molar-refractivity contribution in [2.24, 2.45) is 11.8 Å². The van der Waals surface area contributed by atoms with Gasteiger partial charge in [-0.25, -0.2) is 0 Å². The molecule has 1 aromatic rings. The first kappa shape index (κ1) is 15.8. The lowest BCUT2D eigenvalue weighted by Gasteiger charge is -2.19. The zero-order valence-corrected chi connectivity index (χ0v) is 12.5. The summed E-state index contributed by atoms with van der Waals surface area (Å²) >= 11 is 0. The van der Waals surface area contributed by atoms with Crippen molar-refractivity contribution in [3.8, 4) is 0 Å². The molecule has 1 N–H and O–H groups in total. The van der Waals surface area contributed by atoms with Gasteiger partial charge in [0.1, 0.15) is 5.69 Å². The number of nitro groups is 2. The maximum atomic E-state index is 12.4. The molecule has 10 heteroatoms. The number of non-ortho nitro benzene ring substituents is 1. The van der Waals surface area contributed by atoms with Crippen molar-refractivity contribution in [1.29, 1.82) is 0 Å². The van der Waals surface area contributed by atoms with Crippen molar-refractivity contribution in [3.05, 3.63) is 38.4 Å². The molecule has 1 aliphatic heterocycles. The molecule has 0 unspecified atom stereocenters. The summed E-state index contributed by atoms with van der Waals surface area (Å²) in [4.78, 5) is 45.1. The van der Waals surface area contributed by atoms with E-state index >= 15 is 0 Å². The van der Waals surface area contributed by atoms with Crippen LogP contribution in [0.1, 0.15) is 25.7 Å². The second kappa shape index (κ2) is 5.87. The molecule has 1 heterocycles. The van der Waals surface area contributed by atoms with Gasteiger partial charge in [-0.1, -0.05) is 12.8 Å². The van der Waals surface area contributed by atoms with E-state index in [2.05, 4.69) is 5.43 Å². The van der Waals surface area contributed by atoms with Crippen LogP contribution in [0.15, 0.2) is 18.2 Å². The smallest absolute Gasteiger partial charge is 0.282 e. The summed E-state index contributed by atoms with van der Waals surface area (Å²) in [6.45, 7) is 0. The van der Waals surface area contributed by atoms with Crippen molar-refractivity contribution < 1.29 is 19.4 Å². The van der Waals surface area contributed by atoms with Gasteiger partial charge in [-0.05, 0) is 18.9 Å². The number of carbonyl (C=O) groups excluding carboxylic acids is 2. The first-order valence-corrected chi connectivity index (χ1v) is 7.47. The zero-order chi connectivity index (χ0) is 17.4. The SMILES string of the molecule is O=C1[C@H]2CCCC[C@H]2C(=O)N1Nc1ccc([N+](=O)[O-])cc1[N+](=O)[O-]. The molecule has 2 aliphatic rings. The summed E-state index contributed by atoms with van der Waals surface area (Å²) in [5.74, 6) is -1.60. The molecule has 0 radical (unpaired) electrons. The van der Waals surface area contributed by atoms with E-state index in [1.165, 1.54) is 0 Å². The third-order valence-corrected chi connectivity index (χ3v) is 4.46. The van der Waals surface area contributed by atoms with Crippen LogP contribution in [0.2, 0.25) is 0 Å². The van der Waals surface area contributed by atoms with Crippen LogP contribution < -0.4 is 5.43 Å². The fourth-order valence-corrected chi connectivity index (χ4v) is 3.27.